The Bertz CT molecular complexity index is 648. The summed E-state index contributed by atoms with van der Waals surface area (Å²) >= 11 is 3.00. The number of benzene rings is 1. The monoisotopic (exact) mass is 333 g/mol. The van der Waals surface area contributed by atoms with Gasteiger partial charge in [-0.1, -0.05) is 68.1 Å². The van der Waals surface area contributed by atoms with Gasteiger partial charge in [-0.2, -0.15) is 0 Å². The molecular formula is C16H19N3OS2. The molecule has 0 radical (unpaired) electrons. The quantitative estimate of drug-likeness (QED) is 0.483. The fraction of sp³-hybridized carbons (Fsp3) is 0.312. The number of amides is 1. The summed E-state index contributed by atoms with van der Waals surface area (Å²) in [4.78, 5) is 11.9. The number of rotatable bonds is 6. The zero-order valence-corrected chi connectivity index (χ0v) is 14.5. The maximum Gasteiger partial charge on any atom is 0.250 e. The minimum absolute atomic E-state index is 0.197. The van der Waals surface area contributed by atoms with Gasteiger partial charge in [0.2, 0.25) is 11.0 Å². The predicted octanol–water partition coefficient (Wildman–Crippen LogP) is 4.43. The standard InChI is InChI=1S/C16H19N3OS2/c1-4-21-16-19-18-15(22-16)17-14(20)10-7-12-5-8-13(9-6-12)11(2)3/h5-11H,4H2,1-3H3,(H,17,18,20)/b10-7+. The van der Waals surface area contributed by atoms with Crippen LogP contribution in [-0.4, -0.2) is 21.9 Å². The topological polar surface area (TPSA) is 54.9 Å². The summed E-state index contributed by atoms with van der Waals surface area (Å²) in [5.74, 6) is 1.25. The number of carbonyl (C=O) groups is 1. The normalized spacial score (nSPS) is 11.3. The Morgan fingerprint density at radius 3 is 2.68 bits per heavy atom. The molecule has 1 N–H and O–H groups in total. The van der Waals surface area contributed by atoms with Gasteiger partial charge in [-0.3, -0.25) is 10.1 Å². The van der Waals surface area contributed by atoms with Gasteiger partial charge in [0.25, 0.3) is 0 Å². The lowest BCUT2D eigenvalue weighted by molar-refractivity contribution is -0.111. The number of carbonyl (C=O) groups excluding carboxylic acids is 1. The summed E-state index contributed by atoms with van der Waals surface area (Å²) in [6, 6.07) is 8.20. The van der Waals surface area contributed by atoms with Crippen LogP contribution in [0.15, 0.2) is 34.7 Å². The lowest BCUT2D eigenvalue weighted by Crippen LogP contribution is -2.07. The van der Waals surface area contributed by atoms with Crippen LogP contribution < -0.4 is 5.32 Å². The molecule has 1 aromatic heterocycles. The molecule has 4 nitrogen and oxygen atoms in total. The van der Waals surface area contributed by atoms with Crippen LogP contribution in [0.4, 0.5) is 5.13 Å². The average Bonchev–Trinajstić information content (AvgIpc) is 2.93. The van der Waals surface area contributed by atoms with Crippen LogP contribution in [-0.2, 0) is 4.79 Å². The molecule has 0 fully saturated rings. The maximum atomic E-state index is 11.9. The summed E-state index contributed by atoms with van der Waals surface area (Å²) < 4.78 is 0.867. The number of nitrogens with one attached hydrogen (secondary N) is 1. The highest BCUT2D eigenvalue weighted by molar-refractivity contribution is 8.01. The van der Waals surface area contributed by atoms with Crippen molar-refractivity contribution in [3.63, 3.8) is 0 Å². The van der Waals surface area contributed by atoms with Crippen LogP contribution in [0.2, 0.25) is 0 Å². The van der Waals surface area contributed by atoms with Crippen LogP contribution in [0.25, 0.3) is 6.08 Å². The van der Waals surface area contributed by atoms with E-state index < -0.39 is 0 Å². The SMILES string of the molecule is CCSc1nnc(NC(=O)/C=C/c2ccc(C(C)C)cc2)s1. The van der Waals surface area contributed by atoms with Crippen molar-refractivity contribution in [1.82, 2.24) is 10.2 Å². The number of hydrogen-bond acceptors (Lipinski definition) is 5. The molecule has 0 saturated heterocycles. The first-order valence-electron chi connectivity index (χ1n) is 7.13. The van der Waals surface area contributed by atoms with E-state index >= 15 is 0 Å². The van der Waals surface area contributed by atoms with Crippen LogP contribution >= 0.6 is 23.1 Å². The first kappa shape index (κ1) is 16.7. The van der Waals surface area contributed by atoms with Gasteiger partial charge in [0.15, 0.2) is 4.34 Å². The Labute approximate surface area is 139 Å². The van der Waals surface area contributed by atoms with E-state index in [-0.39, 0.29) is 5.91 Å². The average molecular weight is 333 g/mol. The summed E-state index contributed by atoms with van der Waals surface area (Å²) in [6.45, 7) is 6.37. The van der Waals surface area contributed by atoms with Crippen LogP contribution in [0.5, 0.6) is 0 Å². The minimum Gasteiger partial charge on any atom is -0.297 e. The number of nitrogens with zero attached hydrogens (tertiary/aromatic N) is 2. The maximum absolute atomic E-state index is 11.9. The molecule has 0 atom stereocenters. The Kier molecular flexibility index (Phi) is 6.15. The lowest BCUT2D eigenvalue weighted by Gasteiger charge is -2.04. The van der Waals surface area contributed by atoms with Crippen molar-refractivity contribution < 1.29 is 4.79 Å². The molecular weight excluding hydrogens is 314 g/mol. The van der Waals surface area contributed by atoms with Gasteiger partial charge >= 0.3 is 0 Å². The van der Waals surface area contributed by atoms with Gasteiger partial charge in [0.05, 0.1) is 0 Å². The first-order chi connectivity index (χ1) is 10.6. The summed E-state index contributed by atoms with van der Waals surface area (Å²) in [5, 5.41) is 11.2. The molecule has 1 heterocycles. The molecule has 0 aliphatic heterocycles. The van der Waals surface area contributed by atoms with E-state index in [1.54, 1.807) is 17.8 Å². The van der Waals surface area contributed by atoms with Gasteiger partial charge in [-0.15, -0.1) is 10.2 Å². The van der Waals surface area contributed by atoms with E-state index in [2.05, 4.69) is 48.4 Å². The molecule has 0 spiro atoms. The lowest BCUT2D eigenvalue weighted by atomic mass is 10.0. The molecule has 0 unspecified atom stereocenters. The zero-order chi connectivity index (χ0) is 15.9. The highest BCUT2D eigenvalue weighted by atomic mass is 32.2. The first-order valence-corrected chi connectivity index (χ1v) is 8.94. The van der Waals surface area contributed by atoms with Crippen molar-refractivity contribution in [2.45, 2.75) is 31.0 Å². The van der Waals surface area contributed by atoms with Gasteiger partial charge in [0.1, 0.15) is 0 Å². The van der Waals surface area contributed by atoms with E-state index in [4.69, 9.17) is 0 Å². The Morgan fingerprint density at radius 2 is 2.05 bits per heavy atom. The number of anilines is 1. The van der Waals surface area contributed by atoms with Crippen molar-refractivity contribution in [3.05, 3.63) is 41.5 Å². The second-order valence-electron chi connectivity index (χ2n) is 4.95. The molecule has 1 aromatic carbocycles. The van der Waals surface area contributed by atoms with Crippen molar-refractivity contribution >= 4 is 40.2 Å². The second kappa shape index (κ2) is 8.10. The smallest absolute Gasteiger partial charge is 0.250 e. The van der Waals surface area contributed by atoms with Crippen molar-refractivity contribution in [2.75, 3.05) is 11.1 Å². The third-order valence-electron chi connectivity index (χ3n) is 2.93. The summed E-state index contributed by atoms with van der Waals surface area (Å²) in [6.07, 6.45) is 3.31. The molecule has 0 aliphatic carbocycles. The van der Waals surface area contributed by atoms with E-state index in [9.17, 15) is 4.79 Å². The van der Waals surface area contributed by atoms with Gasteiger partial charge in [0, 0.05) is 6.08 Å². The third-order valence-corrected chi connectivity index (χ3v) is 4.79. The highest BCUT2D eigenvalue weighted by Crippen LogP contribution is 2.24. The van der Waals surface area contributed by atoms with Crippen LogP contribution in [0, 0.1) is 0 Å². The molecule has 0 saturated carbocycles. The number of thioether (sulfide) groups is 1. The van der Waals surface area contributed by atoms with Crippen molar-refractivity contribution in [2.24, 2.45) is 0 Å². The number of aromatic nitrogens is 2. The molecule has 0 bridgehead atoms. The minimum atomic E-state index is -0.197. The molecule has 1 amide bonds. The molecule has 22 heavy (non-hydrogen) atoms. The number of hydrogen-bond donors (Lipinski definition) is 1. The molecule has 2 rings (SSSR count). The van der Waals surface area contributed by atoms with Crippen LogP contribution in [0.1, 0.15) is 37.8 Å². The molecule has 0 aliphatic rings. The zero-order valence-electron chi connectivity index (χ0n) is 12.9. The van der Waals surface area contributed by atoms with Crippen molar-refractivity contribution in [1.29, 1.82) is 0 Å². The van der Waals surface area contributed by atoms with Gasteiger partial charge < -0.3 is 0 Å². The Morgan fingerprint density at radius 1 is 1.32 bits per heavy atom. The Balaban J connectivity index is 1.92. The molecule has 116 valence electrons. The fourth-order valence-electron chi connectivity index (χ4n) is 1.75. The van der Waals surface area contributed by atoms with E-state index in [1.165, 1.54) is 23.0 Å². The fourth-order valence-corrected chi connectivity index (χ4v) is 3.40. The van der Waals surface area contributed by atoms with Crippen molar-refractivity contribution in [3.8, 4) is 0 Å². The van der Waals surface area contributed by atoms with Crippen LogP contribution in [0.3, 0.4) is 0 Å². The highest BCUT2D eigenvalue weighted by Gasteiger charge is 2.05. The summed E-state index contributed by atoms with van der Waals surface area (Å²) in [5.41, 5.74) is 2.29. The summed E-state index contributed by atoms with van der Waals surface area (Å²) in [7, 11) is 0. The largest absolute Gasteiger partial charge is 0.297 e. The Hall–Kier alpha value is -1.66. The van der Waals surface area contributed by atoms with E-state index in [0.717, 1.165) is 15.7 Å². The third kappa shape index (κ3) is 4.96. The second-order valence-corrected chi connectivity index (χ2v) is 7.44. The van der Waals surface area contributed by atoms with E-state index in [0.29, 0.717) is 11.0 Å². The predicted molar refractivity (Wildman–Crippen MR) is 94.5 cm³/mol. The van der Waals surface area contributed by atoms with E-state index in [1.807, 2.05) is 12.1 Å². The molecule has 2 aromatic rings. The molecule has 6 heteroatoms. The van der Waals surface area contributed by atoms with Gasteiger partial charge in [-0.25, -0.2) is 0 Å². The van der Waals surface area contributed by atoms with Gasteiger partial charge in [-0.05, 0) is 28.9 Å².